The van der Waals surface area contributed by atoms with Crippen LogP contribution in [0, 0.1) is 0 Å². The molecule has 104 valence electrons. The lowest BCUT2D eigenvalue weighted by molar-refractivity contribution is -0.123. The van der Waals surface area contributed by atoms with Crippen LogP contribution in [0.15, 0.2) is 12.7 Å². The van der Waals surface area contributed by atoms with E-state index in [1.54, 1.807) is 6.08 Å². The molecule has 0 aromatic heterocycles. The van der Waals surface area contributed by atoms with Crippen molar-refractivity contribution in [2.24, 2.45) is 5.73 Å². The standard InChI is InChI=1S/C11H21N3O3S/c1-3-4-10(12)11(15)13-9-5-7-14(8-6-9)18(2,16)17/h3,9-10H,1,4-8,12H2,2H3,(H,13,15). The number of carbonyl (C=O) groups excluding carboxylic acids is 1. The molecule has 1 amide bonds. The van der Waals surface area contributed by atoms with E-state index in [1.165, 1.54) is 10.6 Å². The first-order chi connectivity index (χ1) is 8.34. The van der Waals surface area contributed by atoms with Crippen molar-refractivity contribution in [2.75, 3.05) is 19.3 Å². The van der Waals surface area contributed by atoms with Gasteiger partial charge in [-0.3, -0.25) is 4.79 Å². The Hall–Kier alpha value is -0.920. The van der Waals surface area contributed by atoms with Crippen LogP contribution < -0.4 is 11.1 Å². The van der Waals surface area contributed by atoms with Crippen LogP contribution in [-0.4, -0.2) is 50.1 Å². The second-order valence-corrected chi connectivity index (χ2v) is 6.56. The number of rotatable bonds is 5. The van der Waals surface area contributed by atoms with Gasteiger partial charge in [-0.15, -0.1) is 6.58 Å². The average Bonchev–Trinajstić information content (AvgIpc) is 2.28. The van der Waals surface area contributed by atoms with Gasteiger partial charge in [0.2, 0.25) is 15.9 Å². The number of carbonyl (C=O) groups is 1. The van der Waals surface area contributed by atoms with E-state index in [0.717, 1.165) is 0 Å². The molecule has 1 rings (SSSR count). The van der Waals surface area contributed by atoms with Gasteiger partial charge in [-0.2, -0.15) is 0 Å². The van der Waals surface area contributed by atoms with Crippen LogP contribution in [0.3, 0.4) is 0 Å². The molecule has 1 aliphatic rings. The van der Waals surface area contributed by atoms with E-state index >= 15 is 0 Å². The summed E-state index contributed by atoms with van der Waals surface area (Å²) in [5, 5.41) is 2.84. The summed E-state index contributed by atoms with van der Waals surface area (Å²) in [6, 6.07) is -0.568. The quantitative estimate of drug-likeness (QED) is 0.657. The van der Waals surface area contributed by atoms with Crippen molar-refractivity contribution < 1.29 is 13.2 Å². The maximum Gasteiger partial charge on any atom is 0.237 e. The molecule has 1 unspecified atom stereocenters. The van der Waals surface area contributed by atoms with Crippen molar-refractivity contribution in [2.45, 2.75) is 31.3 Å². The highest BCUT2D eigenvalue weighted by Crippen LogP contribution is 2.13. The first-order valence-corrected chi connectivity index (χ1v) is 7.81. The summed E-state index contributed by atoms with van der Waals surface area (Å²) in [5.41, 5.74) is 5.65. The van der Waals surface area contributed by atoms with E-state index in [2.05, 4.69) is 11.9 Å². The molecule has 1 saturated heterocycles. The minimum Gasteiger partial charge on any atom is -0.352 e. The van der Waals surface area contributed by atoms with Crippen LogP contribution in [0.5, 0.6) is 0 Å². The van der Waals surface area contributed by atoms with Crippen LogP contribution in [0.4, 0.5) is 0 Å². The monoisotopic (exact) mass is 275 g/mol. The largest absolute Gasteiger partial charge is 0.352 e. The van der Waals surface area contributed by atoms with Crippen LogP contribution in [0.2, 0.25) is 0 Å². The van der Waals surface area contributed by atoms with E-state index < -0.39 is 16.1 Å². The Balaban J connectivity index is 2.40. The lowest BCUT2D eigenvalue weighted by atomic mass is 10.1. The molecule has 0 bridgehead atoms. The van der Waals surface area contributed by atoms with Gasteiger partial charge in [0.1, 0.15) is 0 Å². The van der Waals surface area contributed by atoms with Crippen molar-refractivity contribution >= 4 is 15.9 Å². The third-order valence-electron chi connectivity index (χ3n) is 3.03. The number of piperidine rings is 1. The highest BCUT2D eigenvalue weighted by atomic mass is 32.2. The zero-order valence-electron chi connectivity index (χ0n) is 10.6. The van der Waals surface area contributed by atoms with Gasteiger partial charge in [0.15, 0.2) is 0 Å². The molecule has 6 nitrogen and oxygen atoms in total. The zero-order valence-corrected chi connectivity index (χ0v) is 11.4. The zero-order chi connectivity index (χ0) is 13.8. The third-order valence-corrected chi connectivity index (χ3v) is 4.33. The molecule has 0 aliphatic carbocycles. The minimum atomic E-state index is -3.12. The summed E-state index contributed by atoms with van der Waals surface area (Å²) in [7, 11) is -3.12. The number of nitrogens with zero attached hydrogens (tertiary/aromatic N) is 1. The van der Waals surface area contributed by atoms with E-state index in [0.29, 0.717) is 32.4 Å². The molecule has 1 heterocycles. The molecule has 18 heavy (non-hydrogen) atoms. The smallest absolute Gasteiger partial charge is 0.237 e. The molecule has 3 N–H and O–H groups in total. The maximum absolute atomic E-state index is 11.7. The Kier molecular flexibility index (Phi) is 5.30. The van der Waals surface area contributed by atoms with E-state index in [1.807, 2.05) is 0 Å². The fourth-order valence-corrected chi connectivity index (χ4v) is 2.80. The van der Waals surface area contributed by atoms with Gasteiger partial charge < -0.3 is 11.1 Å². The van der Waals surface area contributed by atoms with Gasteiger partial charge in [-0.25, -0.2) is 12.7 Å². The van der Waals surface area contributed by atoms with Gasteiger partial charge in [-0.05, 0) is 19.3 Å². The molecular weight excluding hydrogens is 254 g/mol. The highest BCUT2D eigenvalue weighted by Gasteiger charge is 2.26. The molecular formula is C11H21N3O3S. The maximum atomic E-state index is 11.7. The van der Waals surface area contributed by atoms with Gasteiger partial charge in [0.05, 0.1) is 12.3 Å². The number of nitrogens with two attached hydrogens (primary N) is 1. The topological polar surface area (TPSA) is 92.5 Å². The van der Waals surface area contributed by atoms with E-state index in [-0.39, 0.29) is 11.9 Å². The molecule has 1 aliphatic heterocycles. The molecule has 0 aromatic rings. The Labute approximate surface area is 108 Å². The summed E-state index contributed by atoms with van der Waals surface area (Å²) in [6.07, 6.45) is 4.50. The molecule has 0 saturated carbocycles. The fourth-order valence-electron chi connectivity index (χ4n) is 1.93. The van der Waals surface area contributed by atoms with Gasteiger partial charge in [0, 0.05) is 19.1 Å². The number of amides is 1. The fraction of sp³-hybridized carbons (Fsp3) is 0.727. The second kappa shape index (κ2) is 6.31. The number of hydrogen-bond acceptors (Lipinski definition) is 4. The van der Waals surface area contributed by atoms with Crippen molar-refractivity contribution in [1.29, 1.82) is 0 Å². The number of hydrogen-bond donors (Lipinski definition) is 2. The first-order valence-electron chi connectivity index (χ1n) is 5.96. The van der Waals surface area contributed by atoms with E-state index in [4.69, 9.17) is 5.73 Å². The summed E-state index contributed by atoms with van der Waals surface area (Å²) in [6.45, 7) is 4.42. The van der Waals surface area contributed by atoms with Crippen molar-refractivity contribution in [3.05, 3.63) is 12.7 Å². The number of nitrogens with one attached hydrogen (secondary N) is 1. The lowest BCUT2D eigenvalue weighted by Crippen LogP contribution is -2.50. The van der Waals surface area contributed by atoms with Gasteiger partial charge in [-0.1, -0.05) is 6.08 Å². The summed E-state index contributed by atoms with van der Waals surface area (Å²) >= 11 is 0. The molecule has 0 radical (unpaired) electrons. The van der Waals surface area contributed by atoms with Gasteiger partial charge >= 0.3 is 0 Å². The highest BCUT2D eigenvalue weighted by molar-refractivity contribution is 7.88. The second-order valence-electron chi connectivity index (χ2n) is 4.58. The Morgan fingerprint density at radius 3 is 2.56 bits per heavy atom. The van der Waals surface area contributed by atoms with Crippen LogP contribution in [-0.2, 0) is 14.8 Å². The predicted octanol–water partition coefficient (Wildman–Crippen LogP) is -0.570. The van der Waals surface area contributed by atoms with E-state index in [9.17, 15) is 13.2 Å². The predicted molar refractivity (Wildman–Crippen MR) is 70.4 cm³/mol. The summed E-state index contributed by atoms with van der Waals surface area (Å²) in [5.74, 6) is -0.201. The normalized spacial score (nSPS) is 20.3. The van der Waals surface area contributed by atoms with Crippen LogP contribution in [0.25, 0.3) is 0 Å². The number of sulfonamides is 1. The van der Waals surface area contributed by atoms with Crippen LogP contribution in [0.1, 0.15) is 19.3 Å². The summed E-state index contributed by atoms with van der Waals surface area (Å²) in [4.78, 5) is 11.7. The van der Waals surface area contributed by atoms with Crippen molar-refractivity contribution in [3.63, 3.8) is 0 Å². The van der Waals surface area contributed by atoms with Crippen LogP contribution >= 0.6 is 0 Å². The Morgan fingerprint density at radius 2 is 2.11 bits per heavy atom. The molecule has 0 spiro atoms. The first kappa shape index (κ1) is 15.1. The van der Waals surface area contributed by atoms with Crippen molar-refractivity contribution in [3.8, 4) is 0 Å². The van der Waals surface area contributed by atoms with Crippen molar-refractivity contribution in [1.82, 2.24) is 9.62 Å². The molecule has 1 fully saturated rings. The summed E-state index contributed by atoms with van der Waals surface area (Å²) < 4.78 is 24.1. The molecule has 1 atom stereocenters. The minimum absolute atomic E-state index is 0.00589. The average molecular weight is 275 g/mol. The molecule has 7 heteroatoms. The SMILES string of the molecule is C=CCC(N)C(=O)NC1CCN(S(C)(=O)=O)CC1. The van der Waals surface area contributed by atoms with Gasteiger partial charge in [0.25, 0.3) is 0 Å². The Morgan fingerprint density at radius 1 is 1.56 bits per heavy atom. The lowest BCUT2D eigenvalue weighted by Gasteiger charge is -2.31. The molecule has 0 aromatic carbocycles. The Bertz CT molecular complexity index is 400. The third kappa shape index (κ3) is 4.40.